The van der Waals surface area contributed by atoms with E-state index in [4.69, 9.17) is 5.73 Å². The highest BCUT2D eigenvalue weighted by molar-refractivity contribution is 5.78. The van der Waals surface area contributed by atoms with Crippen molar-refractivity contribution in [2.45, 2.75) is 0 Å². The zero-order chi connectivity index (χ0) is 11.8. The lowest BCUT2D eigenvalue weighted by Gasteiger charge is -1.99. The first-order valence-electron chi connectivity index (χ1n) is 5.09. The van der Waals surface area contributed by atoms with E-state index in [0.717, 1.165) is 11.0 Å². The van der Waals surface area contributed by atoms with E-state index < -0.39 is 5.82 Å². The number of halogens is 1. The van der Waals surface area contributed by atoms with Crippen LogP contribution in [0.4, 0.5) is 10.1 Å². The fourth-order valence-corrected chi connectivity index (χ4v) is 1.67. The molecule has 0 aliphatic carbocycles. The number of H-pyrrole nitrogens is 1. The summed E-state index contributed by atoms with van der Waals surface area (Å²) in [4.78, 5) is 11.4. The van der Waals surface area contributed by atoms with Gasteiger partial charge in [-0.15, -0.1) is 0 Å². The summed E-state index contributed by atoms with van der Waals surface area (Å²) in [5.41, 5.74) is 7.83. The zero-order valence-corrected chi connectivity index (χ0v) is 8.81. The first-order chi connectivity index (χ1) is 8.24. The van der Waals surface area contributed by atoms with Crippen LogP contribution in [0.15, 0.2) is 36.7 Å². The van der Waals surface area contributed by atoms with Crippen LogP contribution < -0.4 is 5.73 Å². The Hall–Kier alpha value is -2.43. The number of imidazole rings is 1. The van der Waals surface area contributed by atoms with E-state index in [2.05, 4.69) is 15.0 Å². The Bertz CT molecular complexity index is 657. The number of anilines is 1. The quantitative estimate of drug-likeness (QED) is 0.628. The number of pyridine rings is 1. The summed E-state index contributed by atoms with van der Waals surface area (Å²) in [6.07, 6.45) is 3.34. The van der Waals surface area contributed by atoms with Gasteiger partial charge in [0.25, 0.3) is 0 Å². The fraction of sp³-hybridized carbons (Fsp3) is 0. The maximum Gasteiger partial charge on any atom is 0.146 e. The van der Waals surface area contributed by atoms with E-state index in [1.54, 1.807) is 24.5 Å². The number of aromatic amines is 1. The molecule has 2 aromatic heterocycles. The van der Waals surface area contributed by atoms with Crippen LogP contribution >= 0.6 is 0 Å². The Morgan fingerprint density at radius 1 is 1.24 bits per heavy atom. The van der Waals surface area contributed by atoms with Crippen LogP contribution in [0.1, 0.15) is 0 Å². The molecule has 3 rings (SSSR count). The molecular formula is C12H9FN4. The molecule has 0 fully saturated rings. The molecule has 0 spiro atoms. The van der Waals surface area contributed by atoms with Crippen molar-refractivity contribution < 1.29 is 4.39 Å². The summed E-state index contributed by atoms with van der Waals surface area (Å²) in [5.74, 6) is 0.160. The van der Waals surface area contributed by atoms with E-state index in [9.17, 15) is 4.39 Å². The number of nitrogens with zero attached hydrogens (tertiary/aromatic N) is 2. The number of nitrogens with two attached hydrogens (primary N) is 1. The molecule has 84 valence electrons. The maximum absolute atomic E-state index is 13.3. The minimum absolute atomic E-state index is 0.131. The summed E-state index contributed by atoms with van der Waals surface area (Å²) in [5, 5.41) is 0. The number of hydrogen-bond acceptors (Lipinski definition) is 3. The Labute approximate surface area is 96.3 Å². The topological polar surface area (TPSA) is 67.6 Å². The molecule has 0 radical (unpaired) electrons. The number of nitrogens with one attached hydrogen (secondary N) is 1. The molecule has 5 heteroatoms. The molecule has 3 N–H and O–H groups in total. The molecule has 4 nitrogen and oxygen atoms in total. The summed E-state index contributed by atoms with van der Waals surface area (Å²) in [6, 6.07) is 6.41. The number of nitrogen functional groups attached to an aromatic ring is 1. The van der Waals surface area contributed by atoms with Gasteiger partial charge in [-0.3, -0.25) is 4.98 Å². The lowest BCUT2D eigenvalue weighted by molar-refractivity contribution is 0.633. The maximum atomic E-state index is 13.3. The standard InChI is InChI=1S/C12H9FN4/c13-8-5-7(1-2-9(8)14)12-16-10-3-4-15-6-11(10)17-12/h1-6H,14H2,(H,16,17). The van der Waals surface area contributed by atoms with Crippen molar-refractivity contribution >= 4 is 16.7 Å². The van der Waals surface area contributed by atoms with Gasteiger partial charge in [-0.25, -0.2) is 9.37 Å². The second-order valence-corrected chi connectivity index (χ2v) is 3.71. The number of fused-ring (bicyclic) bond motifs is 1. The van der Waals surface area contributed by atoms with E-state index in [1.165, 1.54) is 12.1 Å². The number of aromatic nitrogens is 3. The van der Waals surface area contributed by atoms with Gasteiger partial charge in [0.1, 0.15) is 11.6 Å². The molecule has 0 unspecified atom stereocenters. The average Bonchev–Trinajstić information content (AvgIpc) is 2.76. The highest BCUT2D eigenvalue weighted by Gasteiger charge is 2.07. The largest absolute Gasteiger partial charge is 0.396 e. The van der Waals surface area contributed by atoms with Gasteiger partial charge in [0.2, 0.25) is 0 Å². The van der Waals surface area contributed by atoms with Crippen LogP contribution in [-0.2, 0) is 0 Å². The molecule has 0 atom stereocenters. The van der Waals surface area contributed by atoms with E-state index >= 15 is 0 Å². The molecule has 0 saturated heterocycles. The molecule has 0 saturated carbocycles. The van der Waals surface area contributed by atoms with Crippen LogP contribution in [0.3, 0.4) is 0 Å². The molecule has 17 heavy (non-hydrogen) atoms. The van der Waals surface area contributed by atoms with Gasteiger partial charge < -0.3 is 10.7 Å². The zero-order valence-electron chi connectivity index (χ0n) is 8.81. The van der Waals surface area contributed by atoms with Gasteiger partial charge in [-0.2, -0.15) is 0 Å². The van der Waals surface area contributed by atoms with Crippen LogP contribution in [-0.4, -0.2) is 15.0 Å². The third kappa shape index (κ3) is 1.61. The first kappa shape index (κ1) is 9.77. The van der Waals surface area contributed by atoms with Crippen LogP contribution in [0.25, 0.3) is 22.4 Å². The molecule has 0 aliphatic rings. The van der Waals surface area contributed by atoms with Crippen molar-refractivity contribution in [1.29, 1.82) is 0 Å². The molecule has 1 aromatic carbocycles. The van der Waals surface area contributed by atoms with Gasteiger partial charge in [-0.1, -0.05) is 0 Å². The predicted octanol–water partition coefficient (Wildman–Crippen LogP) is 2.35. The molecule has 3 aromatic rings. The van der Waals surface area contributed by atoms with Crippen LogP contribution in [0.5, 0.6) is 0 Å². The lowest BCUT2D eigenvalue weighted by atomic mass is 10.2. The highest BCUT2D eigenvalue weighted by atomic mass is 19.1. The molecule has 0 bridgehead atoms. The van der Waals surface area contributed by atoms with Gasteiger partial charge in [-0.05, 0) is 24.3 Å². The normalized spacial score (nSPS) is 10.9. The van der Waals surface area contributed by atoms with Crippen molar-refractivity contribution in [3.63, 3.8) is 0 Å². The van der Waals surface area contributed by atoms with Crippen molar-refractivity contribution in [3.8, 4) is 11.4 Å². The Morgan fingerprint density at radius 3 is 2.88 bits per heavy atom. The second-order valence-electron chi connectivity index (χ2n) is 3.71. The molecule has 0 aliphatic heterocycles. The Morgan fingerprint density at radius 2 is 2.12 bits per heavy atom. The summed E-state index contributed by atoms with van der Waals surface area (Å²) < 4.78 is 13.3. The van der Waals surface area contributed by atoms with E-state index in [-0.39, 0.29) is 5.69 Å². The van der Waals surface area contributed by atoms with Gasteiger partial charge in [0.15, 0.2) is 0 Å². The van der Waals surface area contributed by atoms with Crippen molar-refractivity contribution in [1.82, 2.24) is 15.0 Å². The van der Waals surface area contributed by atoms with Gasteiger partial charge in [0, 0.05) is 11.8 Å². The lowest BCUT2D eigenvalue weighted by Crippen LogP contribution is -1.91. The SMILES string of the molecule is Nc1ccc(-c2nc3ccncc3[nH]2)cc1F. The predicted molar refractivity (Wildman–Crippen MR) is 63.7 cm³/mol. The number of benzene rings is 1. The Kier molecular flexibility index (Phi) is 2.04. The third-order valence-corrected chi connectivity index (χ3v) is 2.56. The number of hydrogen-bond donors (Lipinski definition) is 2. The van der Waals surface area contributed by atoms with Crippen LogP contribution in [0.2, 0.25) is 0 Å². The first-order valence-corrected chi connectivity index (χ1v) is 5.09. The van der Waals surface area contributed by atoms with Crippen molar-refractivity contribution in [3.05, 3.63) is 42.5 Å². The third-order valence-electron chi connectivity index (χ3n) is 2.56. The van der Waals surface area contributed by atoms with E-state index in [0.29, 0.717) is 11.4 Å². The average molecular weight is 228 g/mol. The minimum atomic E-state index is -0.443. The summed E-state index contributed by atoms with van der Waals surface area (Å²) in [6.45, 7) is 0. The van der Waals surface area contributed by atoms with E-state index in [1.807, 2.05) is 0 Å². The molecule has 0 amide bonds. The van der Waals surface area contributed by atoms with Crippen molar-refractivity contribution in [2.75, 3.05) is 5.73 Å². The number of rotatable bonds is 1. The molecule has 2 heterocycles. The second kappa shape index (κ2) is 3.55. The fourth-order valence-electron chi connectivity index (χ4n) is 1.67. The Balaban J connectivity index is 2.17. The van der Waals surface area contributed by atoms with Gasteiger partial charge >= 0.3 is 0 Å². The van der Waals surface area contributed by atoms with Crippen molar-refractivity contribution in [2.24, 2.45) is 0 Å². The van der Waals surface area contributed by atoms with Gasteiger partial charge in [0.05, 0.1) is 22.9 Å². The monoisotopic (exact) mass is 228 g/mol. The summed E-state index contributed by atoms with van der Waals surface area (Å²) >= 11 is 0. The highest BCUT2D eigenvalue weighted by Crippen LogP contribution is 2.22. The summed E-state index contributed by atoms with van der Waals surface area (Å²) in [7, 11) is 0. The molecular weight excluding hydrogens is 219 g/mol. The smallest absolute Gasteiger partial charge is 0.146 e. The van der Waals surface area contributed by atoms with Crippen LogP contribution in [0, 0.1) is 5.82 Å². The minimum Gasteiger partial charge on any atom is -0.396 e.